The van der Waals surface area contributed by atoms with Gasteiger partial charge >= 0.3 is 0 Å². The highest BCUT2D eigenvalue weighted by molar-refractivity contribution is 5.28. The Morgan fingerprint density at radius 2 is 2.11 bits per heavy atom. The van der Waals surface area contributed by atoms with Gasteiger partial charge in [0.1, 0.15) is 0 Å². The fourth-order valence-electron chi connectivity index (χ4n) is 2.29. The van der Waals surface area contributed by atoms with Crippen molar-refractivity contribution in [3.05, 3.63) is 42.2 Å². The summed E-state index contributed by atoms with van der Waals surface area (Å²) < 4.78 is 0. The first-order valence-corrected chi connectivity index (χ1v) is 6.78. The van der Waals surface area contributed by atoms with Gasteiger partial charge in [-0.05, 0) is 18.7 Å². The first kappa shape index (κ1) is 12.3. The molecule has 0 radical (unpaired) electrons. The van der Waals surface area contributed by atoms with Crippen molar-refractivity contribution in [1.82, 2.24) is 25.2 Å². The van der Waals surface area contributed by atoms with E-state index < -0.39 is 0 Å². The SMILES string of the molecule is CCN(Cc1cnn(-c2ccccc2)n1)C1CNC1. The van der Waals surface area contributed by atoms with Crippen molar-refractivity contribution < 1.29 is 0 Å². The molecule has 1 aliphatic heterocycles. The zero-order chi connectivity index (χ0) is 13.1. The molecule has 0 saturated carbocycles. The van der Waals surface area contributed by atoms with Gasteiger partial charge in [0.15, 0.2) is 0 Å². The maximum atomic E-state index is 4.55. The van der Waals surface area contributed by atoms with E-state index in [-0.39, 0.29) is 0 Å². The summed E-state index contributed by atoms with van der Waals surface area (Å²) >= 11 is 0. The Hall–Kier alpha value is -1.72. The summed E-state index contributed by atoms with van der Waals surface area (Å²) in [6, 6.07) is 10.7. The van der Waals surface area contributed by atoms with E-state index in [4.69, 9.17) is 0 Å². The van der Waals surface area contributed by atoms with Crippen LogP contribution in [-0.4, -0.2) is 45.6 Å². The summed E-state index contributed by atoms with van der Waals surface area (Å²) in [5, 5.41) is 12.2. The van der Waals surface area contributed by atoms with Gasteiger partial charge < -0.3 is 5.32 Å². The number of aromatic nitrogens is 3. The molecular weight excluding hydrogens is 238 g/mol. The molecule has 1 fully saturated rings. The molecule has 1 aliphatic rings. The second kappa shape index (κ2) is 5.50. The van der Waals surface area contributed by atoms with Crippen molar-refractivity contribution in [2.45, 2.75) is 19.5 Å². The van der Waals surface area contributed by atoms with Crippen LogP contribution < -0.4 is 5.32 Å². The minimum Gasteiger partial charge on any atom is -0.314 e. The molecule has 1 aromatic carbocycles. The highest BCUT2D eigenvalue weighted by Crippen LogP contribution is 2.10. The molecule has 1 N–H and O–H groups in total. The first-order chi connectivity index (χ1) is 9.36. The number of para-hydroxylation sites is 1. The van der Waals surface area contributed by atoms with Crippen LogP contribution in [0.1, 0.15) is 12.6 Å². The Balaban J connectivity index is 1.70. The number of nitrogens with one attached hydrogen (secondary N) is 1. The number of nitrogens with zero attached hydrogens (tertiary/aromatic N) is 4. The van der Waals surface area contributed by atoms with E-state index in [1.54, 1.807) is 4.80 Å². The summed E-state index contributed by atoms with van der Waals surface area (Å²) in [4.78, 5) is 4.14. The third-order valence-electron chi connectivity index (χ3n) is 3.57. The molecule has 2 heterocycles. The summed E-state index contributed by atoms with van der Waals surface area (Å²) in [6.45, 7) is 6.28. The van der Waals surface area contributed by atoms with Gasteiger partial charge in [-0.15, -0.1) is 0 Å². The normalized spacial score (nSPS) is 15.7. The number of rotatable bonds is 5. The summed E-state index contributed by atoms with van der Waals surface area (Å²) in [6.07, 6.45) is 1.86. The van der Waals surface area contributed by atoms with Crippen LogP contribution in [0.4, 0.5) is 0 Å². The van der Waals surface area contributed by atoms with Crippen LogP contribution in [0.25, 0.3) is 5.69 Å². The lowest BCUT2D eigenvalue weighted by Gasteiger charge is -2.37. The third kappa shape index (κ3) is 2.67. The average Bonchev–Trinajstić information content (AvgIpc) is 2.85. The van der Waals surface area contributed by atoms with Gasteiger partial charge in [-0.2, -0.15) is 15.0 Å². The molecule has 100 valence electrons. The minimum atomic E-state index is 0.645. The van der Waals surface area contributed by atoms with Crippen molar-refractivity contribution in [2.75, 3.05) is 19.6 Å². The second-order valence-electron chi connectivity index (χ2n) is 4.84. The highest BCUT2D eigenvalue weighted by atomic mass is 15.5. The van der Waals surface area contributed by atoms with E-state index in [1.165, 1.54) is 0 Å². The standard InChI is InChI=1S/C14H19N5/c1-2-18(14-9-15-10-14)11-12-8-16-19(17-12)13-6-4-3-5-7-13/h3-8,14-15H,2,9-11H2,1H3. The quantitative estimate of drug-likeness (QED) is 0.870. The van der Waals surface area contributed by atoms with Crippen LogP contribution in [0, 0.1) is 0 Å². The maximum absolute atomic E-state index is 4.55. The molecule has 1 aromatic heterocycles. The zero-order valence-electron chi connectivity index (χ0n) is 11.2. The van der Waals surface area contributed by atoms with E-state index in [1.807, 2.05) is 36.5 Å². The largest absolute Gasteiger partial charge is 0.314 e. The summed E-state index contributed by atoms with van der Waals surface area (Å²) in [7, 11) is 0. The van der Waals surface area contributed by atoms with Crippen LogP contribution in [0.15, 0.2) is 36.5 Å². The van der Waals surface area contributed by atoms with Crippen molar-refractivity contribution >= 4 is 0 Å². The fourth-order valence-corrected chi connectivity index (χ4v) is 2.29. The van der Waals surface area contributed by atoms with E-state index in [0.29, 0.717) is 6.04 Å². The van der Waals surface area contributed by atoms with E-state index in [9.17, 15) is 0 Å². The van der Waals surface area contributed by atoms with Crippen LogP contribution in [-0.2, 0) is 6.54 Å². The lowest BCUT2D eigenvalue weighted by molar-refractivity contribution is 0.143. The summed E-state index contributed by atoms with van der Waals surface area (Å²) in [5.74, 6) is 0. The van der Waals surface area contributed by atoms with Crippen LogP contribution in [0.3, 0.4) is 0 Å². The van der Waals surface area contributed by atoms with Gasteiger partial charge in [0, 0.05) is 25.7 Å². The van der Waals surface area contributed by atoms with Crippen LogP contribution in [0.2, 0.25) is 0 Å². The molecule has 0 aliphatic carbocycles. The van der Waals surface area contributed by atoms with Gasteiger partial charge in [-0.3, -0.25) is 4.90 Å². The molecule has 0 spiro atoms. The second-order valence-corrected chi connectivity index (χ2v) is 4.84. The van der Waals surface area contributed by atoms with Crippen molar-refractivity contribution in [2.24, 2.45) is 0 Å². The third-order valence-corrected chi connectivity index (χ3v) is 3.57. The molecule has 2 aromatic rings. The predicted octanol–water partition coefficient (Wildman–Crippen LogP) is 1.06. The first-order valence-electron chi connectivity index (χ1n) is 6.78. The van der Waals surface area contributed by atoms with Crippen molar-refractivity contribution in [3.63, 3.8) is 0 Å². The lowest BCUT2D eigenvalue weighted by atomic mass is 10.1. The van der Waals surface area contributed by atoms with E-state index >= 15 is 0 Å². The molecular formula is C14H19N5. The number of hydrogen-bond donors (Lipinski definition) is 1. The van der Waals surface area contributed by atoms with Crippen molar-refractivity contribution in [1.29, 1.82) is 0 Å². The number of likely N-dealkylation sites (N-methyl/N-ethyl adjacent to an activating group) is 1. The Morgan fingerprint density at radius 3 is 2.74 bits per heavy atom. The molecule has 3 rings (SSSR count). The van der Waals surface area contributed by atoms with Gasteiger partial charge in [-0.25, -0.2) is 0 Å². The molecule has 19 heavy (non-hydrogen) atoms. The molecule has 0 amide bonds. The van der Waals surface area contributed by atoms with Gasteiger partial charge in [0.2, 0.25) is 0 Å². The lowest BCUT2D eigenvalue weighted by Crippen LogP contribution is -2.56. The maximum Gasteiger partial charge on any atom is 0.0971 e. The van der Waals surface area contributed by atoms with Gasteiger partial charge in [-0.1, -0.05) is 25.1 Å². The molecule has 0 unspecified atom stereocenters. The van der Waals surface area contributed by atoms with Crippen LogP contribution >= 0.6 is 0 Å². The van der Waals surface area contributed by atoms with E-state index in [2.05, 4.69) is 27.3 Å². The Kier molecular flexibility index (Phi) is 3.57. The van der Waals surface area contributed by atoms with Gasteiger partial charge in [0.25, 0.3) is 0 Å². The predicted molar refractivity (Wildman–Crippen MR) is 74.1 cm³/mol. The van der Waals surface area contributed by atoms with Gasteiger partial charge in [0.05, 0.1) is 17.6 Å². The smallest absolute Gasteiger partial charge is 0.0971 e. The fraction of sp³-hybridized carbons (Fsp3) is 0.429. The van der Waals surface area contributed by atoms with Crippen LogP contribution in [0.5, 0.6) is 0 Å². The van der Waals surface area contributed by atoms with Crippen molar-refractivity contribution in [3.8, 4) is 5.69 Å². The number of benzene rings is 1. The Morgan fingerprint density at radius 1 is 1.32 bits per heavy atom. The van der Waals surface area contributed by atoms with E-state index in [0.717, 1.165) is 37.6 Å². The average molecular weight is 257 g/mol. The Bertz CT molecular complexity index is 518. The molecule has 5 nitrogen and oxygen atoms in total. The molecule has 0 bridgehead atoms. The molecule has 0 atom stereocenters. The number of hydrogen-bond acceptors (Lipinski definition) is 4. The minimum absolute atomic E-state index is 0.645. The topological polar surface area (TPSA) is 46.0 Å². The zero-order valence-corrected chi connectivity index (χ0v) is 11.2. The molecule has 5 heteroatoms. The highest BCUT2D eigenvalue weighted by Gasteiger charge is 2.23. The molecule has 1 saturated heterocycles. The summed E-state index contributed by atoms with van der Waals surface area (Å²) in [5.41, 5.74) is 2.03. The Labute approximate surface area is 113 Å². The monoisotopic (exact) mass is 257 g/mol.